The first-order valence-electron chi connectivity index (χ1n) is 7.36. The molecule has 0 atom stereocenters. The van der Waals surface area contributed by atoms with Crippen molar-refractivity contribution >= 4 is 27.5 Å². The largest absolute Gasteiger partial charge is 0.322 e. The van der Waals surface area contributed by atoms with Crippen molar-refractivity contribution < 1.29 is 4.79 Å². The van der Waals surface area contributed by atoms with Gasteiger partial charge in [-0.05, 0) is 60.2 Å². The standard InChI is InChI=1S/C19H22BrNO/c1-12-8-13(2)10-15(9-12)21-18(22)14-6-7-16(17(20)11-14)19(3,4)5/h6-11H,1-5H3,(H,21,22). The smallest absolute Gasteiger partial charge is 0.255 e. The lowest BCUT2D eigenvalue weighted by Gasteiger charge is -2.21. The van der Waals surface area contributed by atoms with Gasteiger partial charge in [-0.2, -0.15) is 0 Å². The Hall–Kier alpha value is -1.61. The third-order valence-electron chi connectivity index (χ3n) is 3.52. The van der Waals surface area contributed by atoms with Crippen LogP contribution in [-0.4, -0.2) is 5.91 Å². The molecule has 0 aromatic heterocycles. The Morgan fingerprint density at radius 1 is 1.00 bits per heavy atom. The van der Waals surface area contributed by atoms with Crippen LogP contribution in [0.5, 0.6) is 0 Å². The molecule has 0 aliphatic rings. The number of nitrogens with one attached hydrogen (secondary N) is 1. The van der Waals surface area contributed by atoms with E-state index in [2.05, 4.69) is 48.1 Å². The lowest BCUT2D eigenvalue weighted by Crippen LogP contribution is -2.15. The average molecular weight is 360 g/mol. The van der Waals surface area contributed by atoms with E-state index in [-0.39, 0.29) is 11.3 Å². The Balaban J connectivity index is 2.25. The summed E-state index contributed by atoms with van der Waals surface area (Å²) in [5.74, 6) is -0.0915. The van der Waals surface area contributed by atoms with E-state index in [1.54, 1.807) is 0 Å². The molecule has 1 amide bonds. The Kier molecular flexibility index (Phi) is 4.76. The maximum atomic E-state index is 12.4. The molecule has 1 N–H and O–H groups in total. The van der Waals surface area contributed by atoms with Crippen LogP contribution in [0.2, 0.25) is 0 Å². The van der Waals surface area contributed by atoms with Gasteiger partial charge in [-0.15, -0.1) is 0 Å². The van der Waals surface area contributed by atoms with E-state index < -0.39 is 0 Å². The van der Waals surface area contributed by atoms with E-state index in [1.165, 1.54) is 5.56 Å². The summed E-state index contributed by atoms with van der Waals surface area (Å²) in [6, 6.07) is 11.8. The molecule has 2 aromatic rings. The van der Waals surface area contributed by atoms with Crippen molar-refractivity contribution in [2.45, 2.75) is 40.0 Å². The molecule has 2 aromatic carbocycles. The fourth-order valence-electron chi connectivity index (χ4n) is 2.51. The van der Waals surface area contributed by atoms with Gasteiger partial charge in [0.25, 0.3) is 5.91 Å². The highest BCUT2D eigenvalue weighted by Gasteiger charge is 2.18. The first-order chi connectivity index (χ1) is 10.2. The minimum atomic E-state index is -0.0915. The number of anilines is 1. The Morgan fingerprint density at radius 3 is 2.09 bits per heavy atom. The first kappa shape index (κ1) is 16.8. The topological polar surface area (TPSA) is 29.1 Å². The molecule has 0 fully saturated rings. The number of benzene rings is 2. The lowest BCUT2D eigenvalue weighted by atomic mass is 9.86. The van der Waals surface area contributed by atoms with Gasteiger partial charge < -0.3 is 5.32 Å². The molecule has 0 saturated carbocycles. The number of carbonyl (C=O) groups is 1. The van der Waals surface area contributed by atoms with Gasteiger partial charge in [-0.25, -0.2) is 0 Å². The Morgan fingerprint density at radius 2 is 1.59 bits per heavy atom. The molecular formula is C19H22BrNO. The maximum absolute atomic E-state index is 12.4. The van der Waals surface area contributed by atoms with Crippen LogP contribution in [0.15, 0.2) is 40.9 Å². The second kappa shape index (κ2) is 6.25. The Bertz CT molecular complexity index is 694. The summed E-state index contributed by atoms with van der Waals surface area (Å²) in [5, 5.41) is 2.97. The van der Waals surface area contributed by atoms with Crippen LogP contribution in [0.3, 0.4) is 0 Å². The lowest BCUT2D eigenvalue weighted by molar-refractivity contribution is 0.102. The van der Waals surface area contributed by atoms with Crippen molar-refractivity contribution in [1.29, 1.82) is 0 Å². The van der Waals surface area contributed by atoms with Gasteiger partial charge >= 0.3 is 0 Å². The van der Waals surface area contributed by atoms with Gasteiger partial charge in [0.15, 0.2) is 0 Å². The van der Waals surface area contributed by atoms with Gasteiger partial charge in [0, 0.05) is 15.7 Å². The Labute approximate surface area is 141 Å². The summed E-state index contributed by atoms with van der Waals surface area (Å²) in [4.78, 5) is 12.4. The van der Waals surface area contributed by atoms with Crippen LogP contribution in [0.4, 0.5) is 5.69 Å². The van der Waals surface area contributed by atoms with Crippen molar-refractivity contribution in [2.24, 2.45) is 0 Å². The zero-order chi connectivity index (χ0) is 16.5. The number of carbonyl (C=O) groups excluding carboxylic acids is 1. The van der Waals surface area contributed by atoms with Crippen molar-refractivity contribution in [3.05, 3.63) is 63.1 Å². The van der Waals surface area contributed by atoms with E-state index in [0.29, 0.717) is 5.56 Å². The van der Waals surface area contributed by atoms with E-state index >= 15 is 0 Å². The fourth-order valence-corrected chi connectivity index (χ4v) is 3.49. The second-order valence-corrected chi connectivity index (χ2v) is 7.63. The zero-order valence-electron chi connectivity index (χ0n) is 13.8. The minimum Gasteiger partial charge on any atom is -0.322 e. The molecule has 0 spiro atoms. The fraction of sp³-hybridized carbons (Fsp3) is 0.316. The summed E-state index contributed by atoms with van der Waals surface area (Å²) in [5.41, 5.74) is 4.99. The molecule has 0 aliphatic heterocycles. The van der Waals surface area contributed by atoms with Crippen LogP contribution in [0.25, 0.3) is 0 Å². The molecule has 0 radical (unpaired) electrons. The minimum absolute atomic E-state index is 0.0431. The number of aryl methyl sites for hydroxylation is 2. The van der Waals surface area contributed by atoms with Crippen molar-refractivity contribution in [3.63, 3.8) is 0 Å². The van der Waals surface area contributed by atoms with Crippen LogP contribution < -0.4 is 5.32 Å². The molecule has 0 saturated heterocycles. The highest BCUT2D eigenvalue weighted by atomic mass is 79.9. The number of amides is 1. The first-order valence-corrected chi connectivity index (χ1v) is 8.16. The van der Waals surface area contributed by atoms with Gasteiger partial charge in [0.2, 0.25) is 0 Å². The van der Waals surface area contributed by atoms with E-state index in [1.807, 2.05) is 44.2 Å². The zero-order valence-corrected chi connectivity index (χ0v) is 15.3. The predicted octanol–water partition coefficient (Wildman–Crippen LogP) is 5.62. The molecule has 0 bridgehead atoms. The third kappa shape index (κ3) is 3.98. The second-order valence-electron chi connectivity index (χ2n) is 6.78. The normalized spacial score (nSPS) is 11.4. The molecular weight excluding hydrogens is 338 g/mol. The number of hydrogen-bond acceptors (Lipinski definition) is 1. The molecule has 22 heavy (non-hydrogen) atoms. The molecule has 2 rings (SSSR count). The summed E-state index contributed by atoms with van der Waals surface area (Å²) in [7, 11) is 0. The van der Waals surface area contributed by atoms with Gasteiger partial charge in [-0.1, -0.05) is 48.8 Å². The summed E-state index contributed by atoms with van der Waals surface area (Å²) < 4.78 is 0.966. The van der Waals surface area contributed by atoms with Crippen LogP contribution in [0, 0.1) is 13.8 Å². The van der Waals surface area contributed by atoms with E-state index in [0.717, 1.165) is 21.3 Å². The molecule has 0 unspecified atom stereocenters. The van der Waals surface area contributed by atoms with Crippen molar-refractivity contribution in [3.8, 4) is 0 Å². The predicted molar refractivity (Wildman–Crippen MR) is 96.7 cm³/mol. The number of halogens is 1. The monoisotopic (exact) mass is 359 g/mol. The summed E-state index contributed by atoms with van der Waals surface area (Å²) >= 11 is 3.58. The highest BCUT2D eigenvalue weighted by Crippen LogP contribution is 2.30. The highest BCUT2D eigenvalue weighted by molar-refractivity contribution is 9.10. The van der Waals surface area contributed by atoms with Crippen LogP contribution in [-0.2, 0) is 5.41 Å². The molecule has 2 nitrogen and oxygen atoms in total. The summed E-state index contributed by atoms with van der Waals surface area (Å²) in [6.45, 7) is 10.5. The van der Waals surface area contributed by atoms with Crippen LogP contribution >= 0.6 is 15.9 Å². The number of hydrogen-bond donors (Lipinski definition) is 1. The van der Waals surface area contributed by atoms with E-state index in [4.69, 9.17) is 0 Å². The quantitative estimate of drug-likeness (QED) is 0.740. The van der Waals surface area contributed by atoms with Gasteiger partial charge in [0.05, 0.1) is 0 Å². The number of rotatable bonds is 2. The molecule has 0 heterocycles. The van der Waals surface area contributed by atoms with Gasteiger partial charge in [0.1, 0.15) is 0 Å². The van der Waals surface area contributed by atoms with Crippen molar-refractivity contribution in [1.82, 2.24) is 0 Å². The van der Waals surface area contributed by atoms with Gasteiger partial charge in [-0.3, -0.25) is 4.79 Å². The molecule has 116 valence electrons. The molecule has 0 aliphatic carbocycles. The molecule has 3 heteroatoms. The SMILES string of the molecule is Cc1cc(C)cc(NC(=O)c2ccc(C(C)(C)C)c(Br)c2)c1. The third-order valence-corrected chi connectivity index (χ3v) is 4.17. The van der Waals surface area contributed by atoms with Crippen LogP contribution in [0.1, 0.15) is 47.8 Å². The average Bonchev–Trinajstić information content (AvgIpc) is 2.35. The van der Waals surface area contributed by atoms with E-state index in [9.17, 15) is 4.79 Å². The van der Waals surface area contributed by atoms with Crippen molar-refractivity contribution in [2.75, 3.05) is 5.32 Å². The maximum Gasteiger partial charge on any atom is 0.255 e. The summed E-state index contributed by atoms with van der Waals surface area (Å²) in [6.07, 6.45) is 0.